The van der Waals surface area contributed by atoms with Crippen molar-refractivity contribution in [2.75, 3.05) is 5.75 Å². The quantitative estimate of drug-likeness (QED) is 0.796. The SMILES string of the molecule is Cc1oc2c(c1C1(N)CC1)CCS(=O)(=O)C2. The molecule has 0 saturated heterocycles. The summed E-state index contributed by atoms with van der Waals surface area (Å²) in [5, 5.41) is 0. The number of sulfone groups is 1. The number of fused-ring (bicyclic) bond motifs is 1. The molecule has 0 radical (unpaired) electrons. The van der Waals surface area contributed by atoms with Crippen LogP contribution in [-0.4, -0.2) is 14.2 Å². The first-order valence-corrected chi connectivity index (χ1v) is 7.34. The lowest BCUT2D eigenvalue weighted by Gasteiger charge is -2.15. The highest BCUT2D eigenvalue weighted by atomic mass is 32.2. The normalized spacial score (nSPS) is 25.1. The first kappa shape index (κ1) is 10.4. The van der Waals surface area contributed by atoms with E-state index in [1.807, 2.05) is 6.92 Å². The smallest absolute Gasteiger partial charge is 0.157 e. The van der Waals surface area contributed by atoms with Gasteiger partial charge in [-0.3, -0.25) is 0 Å². The van der Waals surface area contributed by atoms with Crippen LogP contribution < -0.4 is 5.73 Å². The molecule has 4 nitrogen and oxygen atoms in total. The lowest BCUT2D eigenvalue weighted by atomic mass is 9.98. The second-order valence-electron chi connectivity index (χ2n) is 4.93. The van der Waals surface area contributed by atoms with Gasteiger partial charge in [-0.25, -0.2) is 8.42 Å². The minimum atomic E-state index is -2.96. The van der Waals surface area contributed by atoms with Crippen molar-refractivity contribution in [1.82, 2.24) is 0 Å². The Hall–Kier alpha value is -0.810. The third-order valence-corrected chi connectivity index (χ3v) is 5.10. The molecule has 0 aromatic carbocycles. The zero-order valence-corrected chi connectivity index (χ0v) is 10.1. The Kier molecular flexibility index (Phi) is 1.87. The molecule has 2 aliphatic rings. The first-order chi connectivity index (χ1) is 7.41. The third kappa shape index (κ3) is 1.42. The summed E-state index contributed by atoms with van der Waals surface area (Å²) in [6, 6.07) is 0. The summed E-state index contributed by atoms with van der Waals surface area (Å²) in [5.41, 5.74) is 8.10. The van der Waals surface area contributed by atoms with Gasteiger partial charge in [-0.1, -0.05) is 0 Å². The second kappa shape index (κ2) is 2.90. The molecule has 88 valence electrons. The van der Waals surface area contributed by atoms with Gasteiger partial charge in [0.1, 0.15) is 17.3 Å². The summed E-state index contributed by atoms with van der Waals surface area (Å²) >= 11 is 0. The summed E-state index contributed by atoms with van der Waals surface area (Å²) < 4.78 is 28.6. The Morgan fingerprint density at radius 1 is 1.38 bits per heavy atom. The van der Waals surface area contributed by atoms with Crippen LogP contribution in [0.3, 0.4) is 0 Å². The molecule has 0 unspecified atom stereocenters. The van der Waals surface area contributed by atoms with Crippen molar-refractivity contribution in [3.05, 3.63) is 22.6 Å². The maximum Gasteiger partial charge on any atom is 0.157 e. The van der Waals surface area contributed by atoms with Gasteiger partial charge in [0.05, 0.1) is 5.75 Å². The highest BCUT2D eigenvalue weighted by Crippen LogP contribution is 2.48. The molecule has 5 heteroatoms. The van der Waals surface area contributed by atoms with Gasteiger partial charge < -0.3 is 10.2 Å². The van der Waals surface area contributed by atoms with E-state index >= 15 is 0 Å². The summed E-state index contributed by atoms with van der Waals surface area (Å²) in [7, 11) is -2.96. The molecule has 2 N–H and O–H groups in total. The molecule has 1 aromatic heterocycles. The molecule has 1 aliphatic heterocycles. The van der Waals surface area contributed by atoms with Crippen LogP contribution in [0.2, 0.25) is 0 Å². The van der Waals surface area contributed by atoms with Crippen LogP contribution in [0.1, 0.15) is 35.5 Å². The molecular formula is C11H15NO3S. The Bertz CT molecular complexity index is 552. The topological polar surface area (TPSA) is 73.3 Å². The third-order valence-electron chi connectivity index (χ3n) is 3.57. The zero-order valence-electron chi connectivity index (χ0n) is 9.25. The maximum absolute atomic E-state index is 11.5. The van der Waals surface area contributed by atoms with Crippen LogP contribution in [0.25, 0.3) is 0 Å². The minimum Gasteiger partial charge on any atom is -0.465 e. The van der Waals surface area contributed by atoms with Crippen LogP contribution in [0.15, 0.2) is 4.42 Å². The monoisotopic (exact) mass is 241 g/mol. The van der Waals surface area contributed by atoms with E-state index in [1.54, 1.807) is 0 Å². The number of aryl methyl sites for hydroxylation is 1. The molecule has 2 heterocycles. The van der Waals surface area contributed by atoms with Crippen molar-refractivity contribution in [2.45, 2.75) is 37.5 Å². The Labute approximate surface area is 94.7 Å². The summed E-state index contributed by atoms with van der Waals surface area (Å²) in [4.78, 5) is 0. The van der Waals surface area contributed by atoms with Crippen LogP contribution in [-0.2, 0) is 27.5 Å². The molecule has 1 aliphatic carbocycles. The highest BCUT2D eigenvalue weighted by Gasteiger charge is 2.46. The second-order valence-corrected chi connectivity index (χ2v) is 7.12. The van der Waals surface area contributed by atoms with E-state index in [1.165, 1.54) is 0 Å². The van der Waals surface area contributed by atoms with Crippen molar-refractivity contribution in [3.8, 4) is 0 Å². The fourth-order valence-corrected chi connectivity index (χ4v) is 3.89. The van der Waals surface area contributed by atoms with Gasteiger partial charge in [-0.2, -0.15) is 0 Å². The van der Waals surface area contributed by atoms with Gasteiger partial charge in [-0.15, -0.1) is 0 Å². The Morgan fingerprint density at radius 2 is 2.06 bits per heavy atom. The molecule has 3 rings (SSSR count). The van der Waals surface area contributed by atoms with E-state index in [0.29, 0.717) is 12.2 Å². The zero-order chi connectivity index (χ0) is 11.6. The fourth-order valence-electron chi connectivity index (χ4n) is 2.60. The van der Waals surface area contributed by atoms with Crippen molar-refractivity contribution in [1.29, 1.82) is 0 Å². The average Bonchev–Trinajstić information content (AvgIpc) is 2.79. The predicted octanol–water partition coefficient (Wildman–Crippen LogP) is 1.01. The number of hydrogen-bond donors (Lipinski definition) is 1. The van der Waals surface area contributed by atoms with Gasteiger partial charge in [-0.05, 0) is 26.2 Å². The van der Waals surface area contributed by atoms with Gasteiger partial charge in [0.2, 0.25) is 0 Å². The van der Waals surface area contributed by atoms with Crippen molar-refractivity contribution in [2.24, 2.45) is 5.73 Å². The molecule has 0 spiro atoms. The maximum atomic E-state index is 11.5. The molecule has 16 heavy (non-hydrogen) atoms. The van der Waals surface area contributed by atoms with Crippen LogP contribution >= 0.6 is 0 Å². The minimum absolute atomic E-state index is 0.0409. The van der Waals surface area contributed by atoms with Gasteiger partial charge >= 0.3 is 0 Å². The van der Waals surface area contributed by atoms with Crippen molar-refractivity contribution in [3.63, 3.8) is 0 Å². The number of rotatable bonds is 1. The fraction of sp³-hybridized carbons (Fsp3) is 0.636. The van der Waals surface area contributed by atoms with Gasteiger partial charge in [0.25, 0.3) is 0 Å². The summed E-state index contributed by atoms with van der Waals surface area (Å²) in [6.45, 7) is 1.88. The van der Waals surface area contributed by atoms with E-state index in [4.69, 9.17) is 10.2 Å². The van der Waals surface area contributed by atoms with Gasteiger partial charge in [0, 0.05) is 16.7 Å². The summed E-state index contributed by atoms with van der Waals surface area (Å²) in [6.07, 6.45) is 2.52. The standard InChI is InChI=1S/C11H15NO3S/c1-7-10(11(12)3-4-11)8-2-5-16(13,14)6-9(8)15-7/h2-6,12H2,1H3. The van der Waals surface area contributed by atoms with E-state index < -0.39 is 9.84 Å². The Morgan fingerprint density at radius 3 is 2.69 bits per heavy atom. The molecule has 0 atom stereocenters. The van der Waals surface area contributed by atoms with Crippen LogP contribution in [0.5, 0.6) is 0 Å². The first-order valence-electron chi connectivity index (χ1n) is 5.52. The van der Waals surface area contributed by atoms with Crippen molar-refractivity contribution >= 4 is 9.84 Å². The summed E-state index contributed by atoms with van der Waals surface area (Å²) in [5.74, 6) is 1.69. The Balaban J connectivity index is 2.13. The molecule has 0 amide bonds. The molecule has 0 bridgehead atoms. The van der Waals surface area contributed by atoms with Crippen LogP contribution in [0, 0.1) is 6.92 Å². The molecule has 1 fully saturated rings. The van der Waals surface area contributed by atoms with E-state index in [0.717, 1.165) is 29.7 Å². The van der Waals surface area contributed by atoms with E-state index in [9.17, 15) is 8.42 Å². The predicted molar refractivity (Wildman–Crippen MR) is 59.7 cm³/mol. The average molecular weight is 241 g/mol. The number of hydrogen-bond acceptors (Lipinski definition) is 4. The molecule has 1 aromatic rings. The lowest BCUT2D eigenvalue weighted by Crippen LogP contribution is -2.24. The van der Waals surface area contributed by atoms with Crippen molar-refractivity contribution < 1.29 is 12.8 Å². The van der Waals surface area contributed by atoms with Gasteiger partial charge in [0.15, 0.2) is 9.84 Å². The highest BCUT2D eigenvalue weighted by molar-refractivity contribution is 7.90. The molecule has 1 saturated carbocycles. The van der Waals surface area contributed by atoms with E-state index in [-0.39, 0.29) is 17.0 Å². The van der Waals surface area contributed by atoms with Crippen LogP contribution in [0.4, 0.5) is 0 Å². The lowest BCUT2D eigenvalue weighted by molar-refractivity contribution is 0.483. The van der Waals surface area contributed by atoms with E-state index in [2.05, 4.69) is 0 Å². The number of nitrogens with two attached hydrogens (primary N) is 1. The molecular weight excluding hydrogens is 226 g/mol. The largest absolute Gasteiger partial charge is 0.465 e. The number of furan rings is 1.